The third kappa shape index (κ3) is 2.93. The fourth-order valence-corrected chi connectivity index (χ4v) is 2.24. The standard InChI is InChI=1S/C13H14N4O5/c1-8-13(17(21)22)9(2)15(14-8)7-12(18)10-4-3-5-11(6-10)16(19)20/h3-6,12,18H,7H2,1-2H3. The van der Waals surface area contributed by atoms with Crippen LogP contribution in [0.1, 0.15) is 23.1 Å². The van der Waals surface area contributed by atoms with Crippen molar-refractivity contribution in [2.24, 2.45) is 0 Å². The first kappa shape index (κ1) is 15.6. The van der Waals surface area contributed by atoms with Crippen LogP contribution in [0.5, 0.6) is 0 Å². The number of nitro groups is 2. The number of rotatable bonds is 5. The minimum absolute atomic E-state index is 0.0261. The van der Waals surface area contributed by atoms with Crippen LogP contribution in [0.4, 0.5) is 11.4 Å². The fourth-order valence-electron chi connectivity index (χ4n) is 2.24. The van der Waals surface area contributed by atoms with Crippen molar-refractivity contribution in [1.82, 2.24) is 9.78 Å². The van der Waals surface area contributed by atoms with Crippen LogP contribution in [0.2, 0.25) is 0 Å². The Balaban J connectivity index is 2.28. The van der Waals surface area contributed by atoms with Crippen LogP contribution in [0, 0.1) is 34.1 Å². The highest BCUT2D eigenvalue weighted by Crippen LogP contribution is 2.25. The minimum Gasteiger partial charge on any atom is -0.386 e. The molecular formula is C13H14N4O5. The summed E-state index contributed by atoms with van der Waals surface area (Å²) in [4.78, 5) is 20.6. The molecule has 0 radical (unpaired) electrons. The molecule has 0 amide bonds. The van der Waals surface area contributed by atoms with Gasteiger partial charge < -0.3 is 5.11 Å². The van der Waals surface area contributed by atoms with Crippen molar-refractivity contribution >= 4 is 11.4 Å². The van der Waals surface area contributed by atoms with Gasteiger partial charge in [0.15, 0.2) is 0 Å². The number of hydrogen-bond acceptors (Lipinski definition) is 6. The van der Waals surface area contributed by atoms with Crippen LogP contribution < -0.4 is 0 Å². The number of aromatic nitrogens is 2. The van der Waals surface area contributed by atoms with Gasteiger partial charge in [-0.1, -0.05) is 12.1 Å². The molecule has 0 aliphatic rings. The number of hydrogen-bond donors (Lipinski definition) is 1. The van der Waals surface area contributed by atoms with Gasteiger partial charge in [-0.15, -0.1) is 0 Å². The Hall–Kier alpha value is -2.81. The Bertz CT molecular complexity index is 740. The number of aliphatic hydroxyl groups excluding tert-OH is 1. The van der Waals surface area contributed by atoms with Crippen molar-refractivity contribution in [3.8, 4) is 0 Å². The summed E-state index contributed by atoms with van der Waals surface area (Å²) in [7, 11) is 0. The summed E-state index contributed by atoms with van der Waals surface area (Å²) in [5.41, 5.74) is 0.715. The number of aryl methyl sites for hydroxylation is 1. The molecule has 1 atom stereocenters. The quantitative estimate of drug-likeness (QED) is 0.665. The van der Waals surface area contributed by atoms with Gasteiger partial charge in [0, 0.05) is 12.1 Å². The van der Waals surface area contributed by atoms with Crippen molar-refractivity contribution < 1.29 is 15.0 Å². The summed E-state index contributed by atoms with van der Waals surface area (Å²) in [5.74, 6) is 0. The molecule has 116 valence electrons. The topological polar surface area (TPSA) is 124 Å². The van der Waals surface area contributed by atoms with E-state index in [1.807, 2.05) is 0 Å². The molecule has 1 N–H and O–H groups in total. The molecule has 0 bridgehead atoms. The Morgan fingerprint density at radius 3 is 2.50 bits per heavy atom. The molecule has 1 unspecified atom stereocenters. The van der Waals surface area contributed by atoms with Crippen LogP contribution in [-0.4, -0.2) is 24.7 Å². The van der Waals surface area contributed by atoms with E-state index in [4.69, 9.17) is 0 Å². The third-order valence-corrected chi connectivity index (χ3v) is 3.34. The second-order valence-corrected chi connectivity index (χ2v) is 4.83. The molecule has 22 heavy (non-hydrogen) atoms. The van der Waals surface area contributed by atoms with Crippen molar-refractivity contribution in [3.05, 3.63) is 61.4 Å². The fraction of sp³-hybridized carbons (Fsp3) is 0.308. The summed E-state index contributed by atoms with van der Waals surface area (Å²) < 4.78 is 1.33. The average Bonchev–Trinajstić information content (AvgIpc) is 2.73. The SMILES string of the molecule is Cc1nn(CC(O)c2cccc([N+](=O)[O-])c2)c(C)c1[N+](=O)[O-]. The number of nitro benzene ring substituents is 1. The second kappa shape index (κ2) is 5.90. The van der Waals surface area contributed by atoms with Crippen LogP contribution in [0.15, 0.2) is 24.3 Å². The van der Waals surface area contributed by atoms with E-state index in [0.717, 1.165) is 0 Å². The molecule has 9 nitrogen and oxygen atoms in total. The lowest BCUT2D eigenvalue weighted by Crippen LogP contribution is -2.11. The van der Waals surface area contributed by atoms with Crippen LogP contribution >= 0.6 is 0 Å². The highest BCUT2D eigenvalue weighted by Gasteiger charge is 2.23. The number of benzene rings is 1. The molecule has 1 aromatic carbocycles. The third-order valence-electron chi connectivity index (χ3n) is 3.34. The monoisotopic (exact) mass is 306 g/mol. The molecule has 1 aromatic heterocycles. The van der Waals surface area contributed by atoms with E-state index in [9.17, 15) is 25.3 Å². The Labute approximate surface area is 125 Å². The summed E-state index contributed by atoms with van der Waals surface area (Å²) in [6, 6.07) is 5.62. The average molecular weight is 306 g/mol. The predicted octanol–water partition coefficient (Wildman–Crippen LogP) is 2.05. The number of non-ortho nitro benzene ring substituents is 1. The van der Waals surface area contributed by atoms with E-state index in [2.05, 4.69) is 5.10 Å². The normalized spacial score (nSPS) is 12.1. The van der Waals surface area contributed by atoms with Crippen molar-refractivity contribution in [2.75, 3.05) is 0 Å². The molecular weight excluding hydrogens is 292 g/mol. The molecule has 1 heterocycles. The lowest BCUT2D eigenvalue weighted by atomic mass is 10.1. The maximum absolute atomic E-state index is 10.9. The molecule has 0 saturated carbocycles. The van der Waals surface area contributed by atoms with Gasteiger partial charge in [0.2, 0.25) is 0 Å². The maximum atomic E-state index is 10.9. The summed E-state index contributed by atoms with van der Waals surface area (Å²) in [6.07, 6.45) is -1.06. The molecule has 2 rings (SSSR count). The van der Waals surface area contributed by atoms with Gasteiger partial charge in [-0.05, 0) is 19.4 Å². The summed E-state index contributed by atoms with van der Waals surface area (Å²) in [6.45, 7) is 3.03. The summed E-state index contributed by atoms with van der Waals surface area (Å²) >= 11 is 0. The van der Waals surface area contributed by atoms with Gasteiger partial charge in [0.05, 0.1) is 22.5 Å². The van der Waals surface area contributed by atoms with Gasteiger partial charge in [0.25, 0.3) is 5.69 Å². The molecule has 9 heteroatoms. The summed E-state index contributed by atoms with van der Waals surface area (Å²) in [5, 5.41) is 35.9. The van der Waals surface area contributed by atoms with E-state index >= 15 is 0 Å². The van der Waals surface area contributed by atoms with Crippen molar-refractivity contribution in [3.63, 3.8) is 0 Å². The van der Waals surface area contributed by atoms with Crippen molar-refractivity contribution in [1.29, 1.82) is 0 Å². The second-order valence-electron chi connectivity index (χ2n) is 4.83. The first-order chi connectivity index (χ1) is 10.3. The Morgan fingerprint density at radius 2 is 1.95 bits per heavy atom. The molecule has 0 fully saturated rings. The van der Waals surface area contributed by atoms with Crippen LogP contribution in [-0.2, 0) is 6.54 Å². The van der Waals surface area contributed by atoms with E-state index < -0.39 is 16.0 Å². The Morgan fingerprint density at radius 1 is 1.27 bits per heavy atom. The number of nitrogens with zero attached hydrogens (tertiary/aromatic N) is 4. The zero-order valence-electron chi connectivity index (χ0n) is 12.0. The Kier molecular flexibility index (Phi) is 4.18. The lowest BCUT2D eigenvalue weighted by molar-refractivity contribution is -0.386. The van der Waals surface area contributed by atoms with Gasteiger partial charge in [-0.25, -0.2) is 0 Å². The number of aliphatic hydroxyl groups is 1. The van der Waals surface area contributed by atoms with E-state index in [-0.39, 0.29) is 23.6 Å². The zero-order valence-corrected chi connectivity index (χ0v) is 12.0. The lowest BCUT2D eigenvalue weighted by Gasteiger charge is -2.12. The van der Waals surface area contributed by atoms with Crippen molar-refractivity contribution in [2.45, 2.75) is 26.5 Å². The molecule has 0 saturated heterocycles. The molecule has 2 aromatic rings. The maximum Gasteiger partial charge on any atom is 0.312 e. The van der Waals surface area contributed by atoms with E-state index in [1.54, 1.807) is 6.07 Å². The highest BCUT2D eigenvalue weighted by atomic mass is 16.6. The molecule has 0 spiro atoms. The van der Waals surface area contributed by atoms with Gasteiger partial charge >= 0.3 is 5.69 Å². The first-order valence-electron chi connectivity index (χ1n) is 6.42. The molecule has 0 aliphatic carbocycles. The predicted molar refractivity (Wildman–Crippen MR) is 76.4 cm³/mol. The van der Waals surface area contributed by atoms with Gasteiger partial charge in [-0.3, -0.25) is 24.9 Å². The van der Waals surface area contributed by atoms with E-state index in [0.29, 0.717) is 11.3 Å². The zero-order chi connectivity index (χ0) is 16.4. The largest absolute Gasteiger partial charge is 0.386 e. The first-order valence-corrected chi connectivity index (χ1v) is 6.42. The molecule has 0 aliphatic heterocycles. The van der Waals surface area contributed by atoms with Gasteiger partial charge in [0.1, 0.15) is 11.4 Å². The van der Waals surface area contributed by atoms with Crippen LogP contribution in [0.25, 0.3) is 0 Å². The highest BCUT2D eigenvalue weighted by molar-refractivity contribution is 5.40. The van der Waals surface area contributed by atoms with Gasteiger partial charge in [-0.2, -0.15) is 5.10 Å². The smallest absolute Gasteiger partial charge is 0.312 e. The minimum atomic E-state index is -1.06. The van der Waals surface area contributed by atoms with Crippen LogP contribution in [0.3, 0.4) is 0 Å². The van der Waals surface area contributed by atoms with E-state index in [1.165, 1.54) is 36.7 Å².